The largest absolute Gasteiger partial charge is 0.314 e. The summed E-state index contributed by atoms with van der Waals surface area (Å²) in [5.74, 6) is 3.12. The van der Waals surface area contributed by atoms with Gasteiger partial charge in [-0.15, -0.1) is 0 Å². The van der Waals surface area contributed by atoms with Crippen molar-refractivity contribution in [2.75, 3.05) is 6.54 Å². The van der Waals surface area contributed by atoms with Crippen molar-refractivity contribution in [1.82, 2.24) is 5.32 Å². The first-order valence-electron chi connectivity index (χ1n) is 7.82. The van der Waals surface area contributed by atoms with Gasteiger partial charge in [0.2, 0.25) is 0 Å². The van der Waals surface area contributed by atoms with Crippen LogP contribution in [-0.4, -0.2) is 12.6 Å². The van der Waals surface area contributed by atoms with E-state index in [-0.39, 0.29) is 0 Å². The second-order valence-corrected chi connectivity index (χ2v) is 7.22. The van der Waals surface area contributed by atoms with Gasteiger partial charge in [0.25, 0.3) is 0 Å². The van der Waals surface area contributed by atoms with Crippen LogP contribution in [0.4, 0.5) is 0 Å². The summed E-state index contributed by atoms with van der Waals surface area (Å²) in [6, 6.07) is 2.89. The molecule has 0 heterocycles. The third kappa shape index (κ3) is 2.18. The lowest BCUT2D eigenvalue weighted by Crippen LogP contribution is -2.54. The van der Waals surface area contributed by atoms with E-state index in [0.717, 1.165) is 30.7 Å². The number of hydrogen-bond acceptors (Lipinski definition) is 2. The van der Waals surface area contributed by atoms with Gasteiger partial charge >= 0.3 is 0 Å². The molecule has 0 aromatic carbocycles. The van der Waals surface area contributed by atoms with Gasteiger partial charge in [-0.1, -0.05) is 0 Å². The highest BCUT2D eigenvalue weighted by molar-refractivity contribution is 5.05. The molecule has 0 spiro atoms. The summed E-state index contributed by atoms with van der Waals surface area (Å²) in [7, 11) is 0. The van der Waals surface area contributed by atoms with Crippen molar-refractivity contribution in [3.05, 3.63) is 0 Å². The molecule has 1 unspecified atom stereocenters. The molecule has 1 N–H and O–H groups in total. The molecule has 2 heteroatoms. The van der Waals surface area contributed by atoms with Gasteiger partial charge < -0.3 is 5.32 Å². The molecule has 4 rings (SSSR count). The topological polar surface area (TPSA) is 35.8 Å². The number of rotatable bonds is 5. The highest BCUT2D eigenvalue weighted by Crippen LogP contribution is 2.61. The van der Waals surface area contributed by atoms with Gasteiger partial charge in [0.15, 0.2) is 0 Å². The minimum absolute atomic E-state index is 0.612. The minimum Gasteiger partial charge on any atom is -0.314 e. The molecular weight excluding hydrogens is 220 g/mol. The Morgan fingerprint density at radius 2 is 1.72 bits per heavy atom. The van der Waals surface area contributed by atoms with Crippen LogP contribution < -0.4 is 5.32 Å². The fourth-order valence-electron chi connectivity index (χ4n) is 5.41. The molecule has 4 bridgehead atoms. The van der Waals surface area contributed by atoms with Crippen molar-refractivity contribution in [3.8, 4) is 6.07 Å². The summed E-state index contributed by atoms with van der Waals surface area (Å²) in [6.45, 7) is 3.43. The predicted molar refractivity (Wildman–Crippen MR) is 72.9 cm³/mol. The molecule has 0 radical (unpaired) electrons. The molecule has 0 saturated heterocycles. The SMILES string of the molecule is CC(NCCCC#N)C12CC3CC(CC(C3)C1)C2. The van der Waals surface area contributed by atoms with E-state index in [2.05, 4.69) is 18.3 Å². The summed E-state index contributed by atoms with van der Waals surface area (Å²) in [6.07, 6.45) is 10.7. The van der Waals surface area contributed by atoms with Crippen LogP contribution in [0.5, 0.6) is 0 Å². The van der Waals surface area contributed by atoms with E-state index in [0.29, 0.717) is 17.9 Å². The number of hydrogen-bond donors (Lipinski definition) is 1. The molecule has 4 aliphatic carbocycles. The van der Waals surface area contributed by atoms with Crippen LogP contribution in [0, 0.1) is 34.5 Å². The Hall–Kier alpha value is -0.550. The van der Waals surface area contributed by atoms with Gasteiger partial charge in [0.1, 0.15) is 0 Å². The van der Waals surface area contributed by atoms with Crippen molar-refractivity contribution in [2.45, 2.75) is 64.3 Å². The molecule has 18 heavy (non-hydrogen) atoms. The third-order valence-corrected chi connectivity index (χ3v) is 5.92. The second-order valence-electron chi connectivity index (χ2n) is 7.22. The normalized spacial score (nSPS) is 42.8. The average Bonchev–Trinajstić information content (AvgIpc) is 2.32. The zero-order chi connectivity index (χ0) is 12.6. The fourth-order valence-corrected chi connectivity index (χ4v) is 5.41. The van der Waals surface area contributed by atoms with Crippen LogP contribution in [0.15, 0.2) is 0 Å². The quantitative estimate of drug-likeness (QED) is 0.754. The Kier molecular flexibility index (Phi) is 3.36. The van der Waals surface area contributed by atoms with E-state index in [9.17, 15) is 0 Å². The van der Waals surface area contributed by atoms with Gasteiger partial charge in [-0.25, -0.2) is 0 Å². The lowest BCUT2D eigenvalue weighted by Gasteiger charge is -2.59. The first-order valence-corrected chi connectivity index (χ1v) is 7.82. The molecule has 4 fully saturated rings. The summed E-state index contributed by atoms with van der Waals surface area (Å²) >= 11 is 0. The van der Waals surface area contributed by atoms with Crippen molar-refractivity contribution in [3.63, 3.8) is 0 Å². The zero-order valence-electron chi connectivity index (χ0n) is 11.6. The molecule has 0 aliphatic heterocycles. The maximum atomic E-state index is 8.58. The Balaban J connectivity index is 1.59. The van der Waals surface area contributed by atoms with Crippen molar-refractivity contribution < 1.29 is 0 Å². The van der Waals surface area contributed by atoms with E-state index in [1.54, 1.807) is 0 Å². The van der Waals surface area contributed by atoms with E-state index in [1.807, 2.05) is 0 Å². The number of nitriles is 1. The fraction of sp³-hybridized carbons (Fsp3) is 0.938. The third-order valence-electron chi connectivity index (χ3n) is 5.92. The van der Waals surface area contributed by atoms with Crippen molar-refractivity contribution >= 4 is 0 Å². The van der Waals surface area contributed by atoms with E-state index < -0.39 is 0 Å². The molecule has 2 nitrogen and oxygen atoms in total. The predicted octanol–water partition coefficient (Wildman–Crippen LogP) is 3.48. The smallest absolute Gasteiger partial charge is 0.0622 e. The highest BCUT2D eigenvalue weighted by atomic mass is 14.9. The lowest BCUT2D eigenvalue weighted by molar-refractivity contribution is -0.0702. The van der Waals surface area contributed by atoms with Crippen molar-refractivity contribution in [2.24, 2.45) is 23.2 Å². The molecule has 4 saturated carbocycles. The van der Waals surface area contributed by atoms with E-state index >= 15 is 0 Å². The maximum absolute atomic E-state index is 8.58. The van der Waals surface area contributed by atoms with Gasteiger partial charge in [-0.05, 0) is 81.6 Å². The van der Waals surface area contributed by atoms with Crippen molar-refractivity contribution in [1.29, 1.82) is 5.26 Å². The summed E-state index contributed by atoms with van der Waals surface area (Å²) in [4.78, 5) is 0. The monoisotopic (exact) mass is 246 g/mol. The Morgan fingerprint density at radius 3 is 2.22 bits per heavy atom. The number of unbranched alkanes of at least 4 members (excludes halogenated alkanes) is 1. The van der Waals surface area contributed by atoms with Crippen LogP contribution in [0.25, 0.3) is 0 Å². The lowest BCUT2D eigenvalue weighted by atomic mass is 9.48. The van der Waals surface area contributed by atoms with Gasteiger partial charge in [0, 0.05) is 12.5 Å². The highest BCUT2D eigenvalue weighted by Gasteiger charge is 2.52. The van der Waals surface area contributed by atoms with Crippen LogP contribution in [-0.2, 0) is 0 Å². The number of nitrogens with one attached hydrogen (secondary N) is 1. The minimum atomic E-state index is 0.612. The van der Waals surface area contributed by atoms with Gasteiger partial charge in [-0.3, -0.25) is 0 Å². The summed E-state index contributed by atoms with van der Waals surface area (Å²) in [5.41, 5.74) is 0.612. The second kappa shape index (κ2) is 4.85. The Bertz CT molecular complexity index is 306. The van der Waals surface area contributed by atoms with Crippen LogP contribution in [0.3, 0.4) is 0 Å². The Labute approximate surface area is 111 Å². The standard InChI is InChI=1S/C16H26N2/c1-12(18-5-3-2-4-17)16-9-13-6-14(10-16)8-15(7-13)11-16/h12-15,18H,2-3,5-11H2,1H3. The number of nitrogens with zero attached hydrogens (tertiary/aromatic N) is 1. The van der Waals surface area contributed by atoms with E-state index in [4.69, 9.17) is 5.26 Å². The molecule has 0 aromatic heterocycles. The average molecular weight is 246 g/mol. The van der Waals surface area contributed by atoms with Gasteiger partial charge in [0.05, 0.1) is 6.07 Å². The molecule has 0 aromatic rings. The molecule has 4 aliphatic rings. The first-order chi connectivity index (χ1) is 8.72. The van der Waals surface area contributed by atoms with Crippen LogP contribution >= 0.6 is 0 Å². The first kappa shape index (κ1) is 12.5. The molecule has 100 valence electrons. The molecule has 1 atom stereocenters. The van der Waals surface area contributed by atoms with Gasteiger partial charge in [-0.2, -0.15) is 5.26 Å². The summed E-state index contributed by atoms with van der Waals surface area (Å²) in [5, 5.41) is 12.3. The maximum Gasteiger partial charge on any atom is 0.0622 e. The zero-order valence-corrected chi connectivity index (χ0v) is 11.6. The Morgan fingerprint density at radius 1 is 1.17 bits per heavy atom. The van der Waals surface area contributed by atoms with Crippen LogP contribution in [0.2, 0.25) is 0 Å². The molecular formula is C16H26N2. The van der Waals surface area contributed by atoms with Crippen LogP contribution in [0.1, 0.15) is 58.3 Å². The van der Waals surface area contributed by atoms with E-state index in [1.165, 1.54) is 38.5 Å². The summed E-state index contributed by atoms with van der Waals surface area (Å²) < 4.78 is 0. The molecule has 0 amide bonds.